The Morgan fingerprint density at radius 3 is 2.67 bits per heavy atom. The average Bonchev–Trinajstić information content (AvgIpc) is 3.21. The maximum atomic E-state index is 12.5. The number of ether oxygens (including phenoxy) is 1. The van der Waals surface area contributed by atoms with Crippen LogP contribution in [0, 0.1) is 5.92 Å². The molecule has 1 N–H and O–H groups in total. The fourth-order valence-electron chi connectivity index (χ4n) is 3.45. The fraction of sp³-hybridized carbons (Fsp3) is 0.160. The lowest BCUT2D eigenvalue weighted by Gasteiger charge is -2.16. The molecule has 3 aromatic rings. The number of rotatable bonds is 7. The van der Waals surface area contributed by atoms with Crippen molar-refractivity contribution >= 4 is 51.2 Å². The summed E-state index contributed by atoms with van der Waals surface area (Å²) in [5.74, 6) is -0.125. The second-order valence-electron chi connectivity index (χ2n) is 7.60. The van der Waals surface area contributed by atoms with Gasteiger partial charge in [0.15, 0.2) is 0 Å². The van der Waals surface area contributed by atoms with E-state index in [0.717, 1.165) is 21.3 Å². The highest BCUT2D eigenvalue weighted by Crippen LogP contribution is 2.26. The van der Waals surface area contributed by atoms with Gasteiger partial charge in [-0.3, -0.25) is 9.59 Å². The Balaban J connectivity index is 1.30. The summed E-state index contributed by atoms with van der Waals surface area (Å²) in [5.41, 5.74) is 5.11. The average molecular weight is 527 g/mol. The zero-order valence-corrected chi connectivity index (χ0v) is 19.9. The number of hydrogen-bond donors (Lipinski definition) is 1. The van der Waals surface area contributed by atoms with Gasteiger partial charge in [-0.25, -0.2) is 5.43 Å². The number of hydrazone groups is 1. The van der Waals surface area contributed by atoms with Crippen LogP contribution in [0.4, 0.5) is 5.69 Å². The predicted octanol–water partition coefficient (Wildman–Crippen LogP) is 5.18. The first-order chi connectivity index (χ1) is 16.0. The van der Waals surface area contributed by atoms with Crippen molar-refractivity contribution in [3.8, 4) is 5.75 Å². The first-order valence-electron chi connectivity index (χ1n) is 10.3. The van der Waals surface area contributed by atoms with Gasteiger partial charge in [-0.15, -0.1) is 0 Å². The van der Waals surface area contributed by atoms with Gasteiger partial charge < -0.3 is 9.64 Å². The molecule has 6 nitrogen and oxygen atoms in total. The molecule has 168 valence electrons. The number of nitrogens with one attached hydrogen (secondary N) is 1. The minimum absolute atomic E-state index is 0.0769. The fourth-order valence-corrected chi connectivity index (χ4v) is 3.84. The van der Waals surface area contributed by atoms with Gasteiger partial charge in [0.25, 0.3) is 0 Å². The third-order valence-electron chi connectivity index (χ3n) is 5.20. The van der Waals surface area contributed by atoms with Gasteiger partial charge in [-0.1, -0.05) is 51.8 Å². The van der Waals surface area contributed by atoms with E-state index in [4.69, 9.17) is 16.3 Å². The predicted molar refractivity (Wildman–Crippen MR) is 133 cm³/mol. The lowest BCUT2D eigenvalue weighted by Crippen LogP contribution is -2.30. The van der Waals surface area contributed by atoms with Crippen molar-refractivity contribution in [3.05, 3.63) is 93.4 Å². The van der Waals surface area contributed by atoms with Crippen LogP contribution < -0.4 is 15.1 Å². The van der Waals surface area contributed by atoms with Crippen LogP contribution in [0.15, 0.2) is 82.4 Å². The Morgan fingerprint density at radius 2 is 1.91 bits per heavy atom. The molecular formula is C25H21BrClN3O3. The Kier molecular flexibility index (Phi) is 7.42. The number of nitrogens with zero attached hydrogens (tertiary/aromatic N) is 2. The summed E-state index contributed by atoms with van der Waals surface area (Å²) < 4.78 is 6.75. The molecule has 1 fully saturated rings. The molecule has 0 saturated carbocycles. The van der Waals surface area contributed by atoms with Gasteiger partial charge >= 0.3 is 0 Å². The van der Waals surface area contributed by atoms with Crippen LogP contribution in [0.1, 0.15) is 17.5 Å². The maximum absolute atomic E-state index is 12.5. The topological polar surface area (TPSA) is 71.0 Å². The van der Waals surface area contributed by atoms with Crippen LogP contribution in [-0.2, 0) is 16.2 Å². The molecule has 2 amide bonds. The van der Waals surface area contributed by atoms with Crippen molar-refractivity contribution < 1.29 is 14.3 Å². The molecule has 0 aromatic heterocycles. The second kappa shape index (κ2) is 10.6. The second-order valence-corrected chi connectivity index (χ2v) is 8.96. The minimum Gasteiger partial charge on any atom is -0.489 e. The molecular weight excluding hydrogens is 506 g/mol. The Hall–Kier alpha value is -3.16. The Bertz CT molecular complexity index is 1170. The molecule has 0 radical (unpaired) electrons. The van der Waals surface area contributed by atoms with Crippen molar-refractivity contribution in [1.29, 1.82) is 0 Å². The minimum atomic E-state index is -0.452. The van der Waals surface area contributed by atoms with Crippen LogP contribution in [0.25, 0.3) is 0 Å². The van der Waals surface area contributed by atoms with Gasteiger partial charge in [0, 0.05) is 28.1 Å². The number of carbonyl (C=O) groups excluding carboxylic acids is 2. The van der Waals surface area contributed by atoms with Crippen molar-refractivity contribution in [3.63, 3.8) is 0 Å². The highest BCUT2D eigenvalue weighted by atomic mass is 79.9. The number of hydrogen-bond acceptors (Lipinski definition) is 4. The largest absolute Gasteiger partial charge is 0.489 e. The number of benzene rings is 3. The summed E-state index contributed by atoms with van der Waals surface area (Å²) in [5, 5.41) is 4.74. The molecule has 0 bridgehead atoms. The van der Waals surface area contributed by atoms with E-state index in [9.17, 15) is 9.59 Å². The highest BCUT2D eigenvalue weighted by molar-refractivity contribution is 9.10. The van der Waals surface area contributed by atoms with E-state index in [-0.39, 0.29) is 18.2 Å². The van der Waals surface area contributed by atoms with E-state index in [1.54, 1.807) is 11.1 Å². The molecule has 0 spiro atoms. The summed E-state index contributed by atoms with van der Waals surface area (Å²) in [4.78, 5) is 26.5. The van der Waals surface area contributed by atoms with Crippen LogP contribution in [0.2, 0.25) is 5.02 Å². The van der Waals surface area contributed by atoms with E-state index in [1.165, 1.54) is 0 Å². The lowest BCUT2D eigenvalue weighted by atomic mass is 10.1. The molecule has 8 heteroatoms. The number of anilines is 1. The number of halogens is 2. The number of carbonyl (C=O) groups is 2. The first kappa shape index (κ1) is 23.0. The van der Waals surface area contributed by atoms with Crippen LogP contribution in [-0.4, -0.2) is 24.6 Å². The molecule has 33 heavy (non-hydrogen) atoms. The molecule has 0 unspecified atom stereocenters. The Labute approximate surface area is 205 Å². The van der Waals surface area contributed by atoms with Crippen LogP contribution in [0.3, 0.4) is 0 Å². The van der Waals surface area contributed by atoms with Gasteiger partial charge in [0.05, 0.1) is 12.1 Å². The van der Waals surface area contributed by atoms with E-state index in [0.29, 0.717) is 23.9 Å². The number of amides is 2. The van der Waals surface area contributed by atoms with E-state index < -0.39 is 5.92 Å². The lowest BCUT2D eigenvalue weighted by molar-refractivity contribution is -0.126. The standard InChI is InChI=1S/C25H21BrClN3O3/c26-20-6-10-22(11-7-20)30-15-19(13-24(30)31)25(32)29-28-14-18-2-1-3-23(12-18)33-16-17-4-8-21(27)9-5-17/h1-12,14,19H,13,15-16H2,(H,29,32)/b28-14-/t19-/m1/s1. The Morgan fingerprint density at radius 1 is 1.15 bits per heavy atom. The molecule has 1 aliphatic rings. The monoisotopic (exact) mass is 525 g/mol. The SMILES string of the molecule is O=C(N/N=C\c1cccc(OCc2ccc(Cl)cc2)c1)[C@@H]1CC(=O)N(c2ccc(Br)cc2)C1. The molecule has 4 rings (SSSR count). The highest BCUT2D eigenvalue weighted by Gasteiger charge is 2.35. The summed E-state index contributed by atoms with van der Waals surface area (Å²) in [6.07, 6.45) is 1.71. The zero-order valence-electron chi connectivity index (χ0n) is 17.6. The van der Waals surface area contributed by atoms with Crippen molar-refractivity contribution in [2.24, 2.45) is 11.0 Å². The van der Waals surface area contributed by atoms with Gasteiger partial charge in [0.1, 0.15) is 12.4 Å². The maximum Gasteiger partial charge on any atom is 0.245 e. The summed E-state index contributed by atoms with van der Waals surface area (Å²) in [7, 11) is 0. The molecule has 1 saturated heterocycles. The van der Waals surface area contributed by atoms with Crippen LogP contribution >= 0.6 is 27.5 Å². The third-order valence-corrected chi connectivity index (χ3v) is 5.98. The molecule has 1 atom stereocenters. The normalized spacial score (nSPS) is 15.8. The smallest absolute Gasteiger partial charge is 0.245 e. The third kappa shape index (κ3) is 6.21. The summed E-state index contributed by atoms with van der Waals surface area (Å²) in [6, 6.07) is 22.3. The van der Waals surface area contributed by atoms with E-state index >= 15 is 0 Å². The van der Waals surface area contributed by atoms with Crippen molar-refractivity contribution in [1.82, 2.24) is 5.43 Å². The quantitative estimate of drug-likeness (QED) is 0.340. The molecule has 0 aliphatic carbocycles. The van der Waals surface area contributed by atoms with E-state index in [2.05, 4.69) is 26.5 Å². The summed E-state index contributed by atoms with van der Waals surface area (Å²) >= 11 is 9.29. The summed E-state index contributed by atoms with van der Waals surface area (Å²) in [6.45, 7) is 0.745. The van der Waals surface area contributed by atoms with Crippen LogP contribution in [0.5, 0.6) is 5.75 Å². The molecule has 1 aliphatic heterocycles. The zero-order chi connectivity index (χ0) is 23.2. The van der Waals surface area contributed by atoms with E-state index in [1.807, 2.05) is 72.8 Å². The van der Waals surface area contributed by atoms with Gasteiger partial charge in [-0.2, -0.15) is 5.10 Å². The van der Waals surface area contributed by atoms with Crippen molar-refractivity contribution in [2.45, 2.75) is 13.0 Å². The van der Waals surface area contributed by atoms with Gasteiger partial charge in [-0.05, 0) is 59.7 Å². The first-order valence-corrected chi connectivity index (χ1v) is 11.5. The van der Waals surface area contributed by atoms with Gasteiger partial charge in [0.2, 0.25) is 11.8 Å². The molecule has 3 aromatic carbocycles. The molecule has 1 heterocycles. The van der Waals surface area contributed by atoms with Crippen molar-refractivity contribution in [2.75, 3.05) is 11.4 Å².